The molecular formula is C24H18N2O3S. The Morgan fingerprint density at radius 2 is 1.80 bits per heavy atom. The summed E-state index contributed by atoms with van der Waals surface area (Å²) < 4.78 is 11.5. The van der Waals surface area contributed by atoms with Crippen molar-refractivity contribution in [2.45, 2.75) is 20.8 Å². The molecule has 6 heteroatoms. The molecule has 3 heterocycles. The Morgan fingerprint density at radius 3 is 2.63 bits per heavy atom. The molecule has 0 aliphatic rings. The first-order chi connectivity index (χ1) is 14.5. The lowest BCUT2D eigenvalue weighted by atomic mass is 10.0. The Bertz CT molecular complexity index is 1480. The summed E-state index contributed by atoms with van der Waals surface area (Å²) in [6.45, 7) is 6.09. The van der Waals surface area contributed by atoms with Crippen LogP contribution in [0, 0.1) is 20.8 Å². The molecule has 0 saturated heterocycles. The van der Waals surface area contributed by atoms with Crippen LogP contribution in [0.5, 0.6) is 11.6 Å². The molecule has 0 amide bonds. The van der Waals surface area contributed by atoms with E-state index in [0.29, 0.717) is 17.2 Å². The van der Waals surface area contributed by atoms with Gasteiger partial charge in [-0.1, -0.05) is 18.2 Å². The van der Waals surface area contributed by atoms with Crippen molar-refractivity contribution in [1.29, 1.82) is 0 Å². The zero-order chi connectivity index (χ0) is 20.8. The summed E-state index contributed by atoms with van der Waals surface area (Å²) >= 11 is 1.56. The Kier molecular flexibility index (Phi) is 4.37. The summed E-state index contributed by atoms with van der Waals surface area (Å²) in [5.74, 6) is 1.03. The van der Waals surface area contributed by atoms with E-state index < -0.39 is 0 Å². The Morgan fingerprint density at radius 1 is 0.933 bits per heavy atom. The van der Waals surface area contributed by atoms with E-state index in [4.69, 9.17) is 9.15 Å². The molecule has 0 aliphatic heterocycles. The molecule has 0 radical (unpaired) electrons. The first-order valence-corrected chi connectivity index (χ1v) is 10.4. The van der Waals surface area contributed by atoms with E-state index in [-0.39, 0.29) is 5.63 Å². The third kappa shape index (κ3) is 3.15. The predicted octanol–water partition coefficient (Wildman–Crippen LogP) is 6.18. The van der Waals surface area contributed by atoms with Gasteiger partial charge in [0, 0.05) is 28.5 Å². The van der Waals surface area contributed by atoms with E-state index >= 15 is 0 Å². The molecule has 5 rings (SSSR count). The number of ether oxygens (including phenoxy) is 1. The van der Waals surface area contributed by atoms with Crippen LogP contribution in [0.1, 0.15) is 16.7 Å². The van der Waals surface area contributed by atoms with Gasteiger partial charge in [-0.2, -0.15) is 0 Å². The van der Waals surface area contributed by atoms with Crippen LogP contribution in [0.25, 0.3) is 32.3 Å². The van der Waals surface area contributed by atoms with Crippen molar-refractivity contribution in [3.05, 3.63) is 81.3 Å². The van der Waals surface area contributed by atoms with E-state index in [1.165, 1.54) is 23.5 Å². The molecule has 5 nitrogen and oxygen atoms in total. The molecule has 0 fully saturated rings. The Hall–Kier alpha value is -3.51. The van der Waals surface area contributed by atoms with Crippen molar-refractivity contribution in [2.75, 3.05) is 0 Å². The van der Waals surface area contributed by atoms with E-state index in [9.17, 15) is 4.79 Å². The molecule has 148 valence electrons. The van der Waals surface area contributed by atoms with Gasteiger partial charge in [-0.15, -0.1) is 11.3 Å². The van der Waals surface area contributed by atoms with Crippen LogP contribution in [-0.2, 0) is 0 Å². The van der Waals surface area contributed by atoms with Crippen LogP contribution in [0.4, 0.5) is 0 Å². The third-order valence-corrected chi connectivity index (χ3v) is 6.18. The van der Waals surface area contributed by atoms with Gasteiger partial charge in [0.15, 0.2) is 0 Å². The molecule has 0 spiro atoms. The topological polar surface area (TPSA) is 65.2 Å². The predicted molar refractivity (Wildman–Crippen MR) is 120 cm³/mol. The van der Waals surface area contributed by atoms with E-state index in [2.05, 4.69) is 47.4 Å². The molecule has 0 saturated carbocycles. The van der Waals surface area contributed by atoms with Crippen molar-refractivity contribution in [2.24, 2.45) is 0 Å². The van der Waals surface area contributed by atoms with Crippen molar-refractivity contribution >= 4 is 32.5 Å². The molecule has 0 aliphatic carbocycles. The fourth-order valence-electron chi connectivity index (χ4n) is 3.53. The first-order valence-electron chi connectivity index (χ1n) is 9.52. The van der Waals surface area contributed by atoms with Crippen molar-refractivity contribution in [1.82, 2.24) is 9.97 Å². The number of hydrogen-bond acceptors (Lipinski definition) is 6. The fraction of sp³-hybridized carbons (Fsp3) is 0.125. The maximum atomic E-state index is 11.7. The standard InChI is InChI=1S/C24H18N2O3S/c1-13-4-5-16(8-14(13)2)19-11-30-24-22(19)23(25-12-26-24)28-17-6-7-18-15(3)9-21(27)29-20(18)10-17/h4-12H,1-3H3. The second-order valence-electron chi connectivity index (χ2n) is 7.32. The number of fused-ring (bicyclic) bond motifs is 2. The average molecular weight is 414 g/mol. The first kappa shape index (κ1) is 18.5. The quantitative estimate of drug-likeness (QED) is 0.330. The number of nitrogens with zero attached hydrogens (tertiary/aromatic N) is 2. The minimum absolute atomic E-state index is 0.378. The minimum atomic E-state index is -0.378. The van der Waals surface area contributed by atoms with Gasteiger partial charge in [-0.25, -0.2) is 14.8 Å². The number of aryl methyl sites for hydroxylation is 3. The third-order valence-electron chi connectivity index (χ3n) is 5.29. The number of benzene rings is 2. The lowest BCUT2D eigenvalue weighted by molar-refractivity contribution is 0.466. The highest BCUT2D eigenvalue weighted by atomic mass is 32.1. The van der Waals surface area contributed by atoms with Crippen LogP contribution < -0.4 is 10.4 Å². The van der Waals surface area contributed by atoms with E-state index in [0.717, 1.165) is 32.3 Å². The molecule has 0 unspecified atom stereocenters. The molecule has 0 bridgehead atoms. The van der Waals surface area contributed by atoms with Gasteiger partial charge in [0.05, 0.1) is 5.39 Å². The largest absolute Gasteiger partial charge is 0.438 e. The summed E-state index contributed by atoms with van der Waals surface area (Å²) in [5.41, 5.74) is 5.59. The monoisotopic (exact) mass is 414 g/mol. The molecule has 0 atom stereocenters. The van der Waals surface area contributed by atoms with Crippen LogP contribution in [0.2, 0.25) is 0 Å². The maximum absolute atomic E-state index is 11.7. The minimum Gasteiger partial charge on any atom is -0.438 e. The zero-order valence-electron chi connectivity index (χ0n) is 16.7. The fourth-order valence-corrected chi connectivity index (χ4v) is 4.43. The maximum Gasteiger partial charge on any atom is 0.336 e. The zero-order valence-corrected chi connectivity index (χ0v) is 17.5. The normalized spacial score (nSPS) is 11.3. The molecule has 2 aromatic carbocycles. The van der Waals surface area contributed by atoms with E-state index in [1.807, 2.05) is 19.1 Å². The number of aromatic nitrogens is 2. The van der Waals surface area contributed by atoms with Crippen LogP contribution in [-0.4, -0.2) is 9.97 Å². The Balaban J connectivity index is 1.63. The van der Waals surface area contributed by atoms with Crippen molar-refractivity contribution < 1.29 is 9.15 Å². The second-order valence-corrected chi connectivity index (χ2v) is 8.17. The summed E-state index contributed by atoms with van der Waals surface area (Å²) in [6, 6.07) is 13.3. The smallest absolute Gasteiger partial charge is 0.336 e. The van der Waals surface area contributed by atoms with Gasteiger partial charge in [-0.3, -0.25) is 0 Å². The lowest BCUT2D eigenvalue weighted by Gasteiger charge is -2.09. The van der Waals surface area contributed by atoms with Gasteiger partial charge < -0.3 is 9.15 Å². The molecular weight excluding hydrogens is 396 g/mol. The highest BCUT2D eigenvalue weighted by molar-refractivity contribution is 7.17. The highest BCUT2D eigenvalue weighted by Gasteiger charge is 2.16. The van der Waals surface area contributed by atoms with Gasteiger partial charge >= 0.3 is 5.63 Å². The van der Waals surface area contributed by atoms with Crippen LogP contribution in [0.15, 0.2) is 63.4 Å². The van der Waals surface area contributed by atoms with Gasteiger partial charge in [0.1, 0.15) is 22.5 Å². The molecule has 3 aromatic heterocycles. The summed E-state index contributed by atoms with van der Waals surface area (Å²) in [6.07, 6.45) is 1.50. The molecule has 0 N–H and O–H groups in total. The molecule has 5 aromatic rings. The van der Waals surface area contributed by atoms with Gasteiger partial charge in [0.25, 0.3) is 0 Å². The Labute approximate surface area is 176 Å². The van der Waals surface area contributed by atoms with Gasteiger partial charge in [0.2, 0.25) is 5.88 Å². The highest BCUT2D eigenvalue weighted by Crippen LogP contribution is 2.39. The second kappa shape index (κ2) is 7.07. The van der Waals surface area contributed by atoms with Crippen molar-refractivity contribution in [3.8, 4) is 22.8 Å². The summed E-state index contributed by atoms with van der Waals surface area (Å²) in [4.78, 5) is 21.4. The molecule has 30 heavy (non-hydrogen) atoms. The van der Waals surface area contributed by atoms with Crippen LogP contribution in [0.3, 0.4) is 0 Å². The van der Waals surface area contributed by atoms with Crippen molar-refractivity contribution in [3.63, 3.8) is 0 Å². The number of thiophene rings is 1. The van der Waals surface area contributed by atoms with Crippen LogP contribution >= 0.6 is 11.3 Å². The summed E-state index contributed by atoms with van der Waals surface area (Å²) in [5, 5.41) is 3.83. The number of rotatable bonds is 3. The van der Waals surface area contributed by atoms with Gasteiger partial charge in [-0.05, 0) is 55.2 Å². The van der Waals surface area contributed by atoms with E-state index in [1.54, 1.807) is 17.4 Å². The summed E-state index contributed by atoms with van der Waals surface area (Å²) in [7, 11) is 0. The average Bonchev–Trinajstić information content (AvgIpc) is 3.15. The number of hydrogen-bond donors (Lipinski definition) is 0. The lowest BCUT2D eigenvalue weighted by Crippen LogP contribution is -1.98. The SMILES string of the molecule is Cc1ccc(-c2csc3ncnc(Oc4ccc5c(C)cc(=O)oc5c4)c23)cc1C.